The Hall–Kier alpha value is -3.08. The van der Waals surface area contributed by atoms with Crippen LogP contribution in [0.15, 0.2) is 47.3 Å². The molecule has 5 heteroatoms. The van der Waals surface area contributed by atoms with Crippen molar-refractivity contribution >= 4 is 16.8 Å². The number of aromatic amines is 1. The highest BCUT2D eigenvalue weighted by Gasteiger charge is 2.15. The van der Waals surface area contributed by atoms with E-state index in [1.807, 2.05) is 50.2 Å². The molecule has 0 spiro atoms. The molecule has 0 saturated carbocycles. The van der Waals surface area contributed by atoms with Gasteiger partial charge in [-0.25, -0.2) is 0 Å². The normalized spacial score (nSPS) is 10.9. The molecule has 28 heavy (non-hydrogen) atoms. The van der Waals surface area contributed by atoms with Gasteiger partial charge in [-0.1, -0.05) is 19.1 Å². The van der Waals surface area contributed by atoms with E-state index >= 15 is 0 Å². The van der Waals surface area contributed by atoms with E-state index in [0.29, 0.717) is 18.5 Å². The predicted molar refractivity (Wildman–Crippen MR) is 112 cm³/mol. The van der Waals surface area contributed by atoms with Crippen LogP contribution in [0.3, 0.4) is 0 Å². The summed E-state index contributed by atoms with van der Waals surface area (Å²) in [5, 5.41) is 0.978. The van der Waals surface area contributed by atoms with Crippen LogP contribution in [-0.4, -0.2) is 22.9 Å². The molecule has 2 aromatic carbocycles. The number of ether oxygens (including phenoxy) is 1. The van der Waals surface area contributed by atoms with Crippen molar-refractivity contribution in [3.63, 3.8) is 0 Å². The number of aryl methyl sites for hydroxylation is 2. The molecule has 3 aromatic rings. The number of hydrogen-bond donors (Lipinski definition) is 1. The summed E-state index contributed by atoms with van der Waals surface area (Å²) in [4.78, 5) is 29.8. The standard InChI is InChI=1S/C23H26N2O3/c1-5-22(26)25(13-17-6-8-20(28-4)9-7-17)14-19-12-18-10-15(2)16(3)11-21(18)24-23(19)27/h6-12H,5,13-14H2,1-4H3,(H,24,27). The number of carbonyl (C=O) groups excluding carboxylic acids is 1. The zero-order chi connectivity index (χ0) is 20.3. The number of hydrogen-bond acceptors (Lipinski definition) is 3. The van der Waals surface area contributed by atoms with Crippen LogP contribution in [0.4, 0.5) is 0 Å². The molecule has 1 heterocycles. The predicted octanol–water partition coefficient (Wildman–Crippen LogP) is 4.09. The maximum absolute atomic E-state index is 12.6. The van der Waals surface area contributed by atoms with Crippen molar-refractivity contribution in [1.82, 2.24) is 9.88 Å². The van der Waals surface area contributed by atoms with Gasteiger partial charge in [0, 0.05) is 24.0 Å². The summed E-state index contributed by atoms with van der Waals surface area (Å²) in [6, 6.07) is 13.6. The van der Waals surface area contributed by atoms with E-state index in [2.05, 4.69) is 18.0 Å². The van der Waals surface area contributed by atoms with Gasteiger partial charge in [0.05, 0.1) is 13.7 Å². The lowest BCUT2D eigenvalue weighted by atomic mass is 10.0. The number of nitrogens with zero attached hydrogens (tertiary/aromatic N) is 1. The van der Waals surface area contributed by atoms with Crippen molar-refractivity contribution in [2.75, 3.05) is 7.11 Å². The molecule has 0 atom stereocenters. The summed E-state index contributed by atoms with van der Waals surface area (Å²) >= 11 is 0. The van der Waals surface area contributed by atoms with Crippen LogP contribution < -0.4 is 10.3 Å². The first kappa shape index (κ1) is 19.7. The minimum absolute atomic E-state index is 0.00963. The lowest BCUT2D eigenvalue weighted by Gasteiger charge is -2.22. The molecule has 0 saturated heterocycles. The zero-order valence-corrected chi connectivity index (χ0v) is 16.8. The van der Waals surface area contributed by atoms with Crippen LogP contribution in [0.2, 0.25) is 0 Å². The molecule has 3 rings (SSSR count). The third-order valence-corrected chi connectivity index (χ3v) is 5.08. The molecule has 0 aliphatic carbocycles. The van der Waals surface area contributed by atoms with Crippen LogP contribution in [0.1, 0.15) is 35.6 Å². The second kappa shape index (κ2) is 8.30. The Bertz CT molecular complexity index is 1050. The van der Waals surface area contributed by atoms with Crippen molar-refractivity contribution in [2.45, 2.75) is 40.3 Å². The van der Waals surface area contributed by atoms with Gasteiger partial charge in [0.2, 0.25) is 5.91 Å². The van der Waals surface area contributed by atoms with Crippen LogP contribution in [0.5, 0.6) is 5.75 Å². The molecule has 1 amide bonds. The van der Waals surface area contributed by atoms with Crippen molar-refractivity contribution in [3.8, 4) is 5.75 Å². The van der Waals surface area contributed by atoms with Gasteiger partial charge in [-0.2, -0.15) is 0 Å². The van der Waals surface area contributed by atoms with E-state index < -0.39 is 0 Å². The maximum Gasteiger partial charge on any atom is 0.253 e. The lowest BCUT2D eigenvalue weighted by molar-refractivity contribution is -0.132. The van der Waals surface area contributed by atoms with E-state index in [-0.39, 0.29) is 18.0 Å². The lowest BCUT2D eigenvalue weighted by Crippen LogP contribution is -2.31. The quantitative estimate of drug-likeness (QED) is 0.703. The van der Waals surface area contributed by atoms with Crippen molar-refractivity contribution < 1.29 is 9.53 Å². The second-order valence-corrected chi connectivity index (χ2v) is 7.10. The molecule has 0 aliphatic rings. The highest BCUT2D eigenvalue weighted by Crippen LogP contribution is 2.19. The second-order valence-electron chi connectivity index (χ2n) is 7.10. The monoisotopic (exact) mass is 378 g/mol. The Kier molecular flexibility index (Phi) is 5.83. The largest absolute Gasteiger partial charge is 0.497 e. The van der Waals surface area contributed by atoms with Crippen LogP contribution >= 0.6 is 0 Å². The van der Waals surface area contributed by atoms with E-state index in [4.69, 9.17) is 4.74 Å². The molecular formula is C23H26N2O3. The summed E-state index contributed by atoms with van der Waals surface area (Å²) in [5.74, 6) is 0.782. The fourth-order valence-corrected chi connectivity index (χ4v) is 3.25. The van der Waals surface area contributed by atoms with Crippen molar-refractivity contribution in [3.05, 3.63) is 75.1 Å². The van der Waals surface area contributed by atoms with Crippen LogP contribution in [0.25, 0.3) is 10.9 Å². The molecule has 0 unspecified atom stereocenters. The minimum Gasteiger partial charge on any atom is -0.497 e. The van der Waals surface area contributed by atoms with E-state index in [1.165, 1.54) is 5.56 Å². The van der Waals surface area contributed by atoms with Gasteiger partial charge < -0.3 is 14.6 Å². The number of aromatic nitrogens is 1. The van der Waals surface area contributed by atoms with Gasteiger partial charge in [0.15, 0.2) is 0 Å². The van der Waals surface area contributed by atoms with Gasteiger partial charge in [-0.3, -0.25) is 9.59 Å². The third kappa shape index (κ3) is 4.25. The first-order valence-electron chi connectivity index (χ1n) is 9.45. The molecule has 5 nitrogen and oxygen atoms in total. The van der Waals surface area contributed by atoms with Crippen LogP contribution in [-0.2, 0) is 17.9 Å². The zero-order valence-electron chi connectivity index (χ0n) is 16.8. The SMILES string of the molecule is CCC(=O)N(Cc1ccc(OC)cc1)Cc1cc2cc(C)c(C)cc2[nH]c1=O. The molecule has 0 fully saturated rings. The highest BCUT2D eigenvalue weighted by molar-refractivity contribution is 5.81. The van der Waals surface area contributed by atoms with Crippen LogP contribution in [0, 0.1) is 13.8 Å². The summed E-state index contributed by atoms with van der Waals surface area (Å²) in [6.07, 6.45) is 0.389. The molecule has 0 radical (unpaired) electrons. The first-order valence-corrected chi connectivity index (χ1v) is 9.45. The highest BCUT2D eigenvalue weighted by atomic mass is 16.5. The van der Waals surface area contributed by atoms with E-state index in [9.17, 15) is 9.59 Å². The van der Waals surface area contributed by atoms with Crippen molar-refractivity contribution in [2.24, 2.45) is 0 Å². The average Bonchev–Trinajstić information content (AvgIpc) is 2.69. The fraction of sp³-hybridized carbons (Fsp3) is 0.304. The van der Waals surface area contributed by atoms with Gasteiger partial charge >= 0.3 is 0 Å². The number of fused-ring (bicyclic) bond motifs is 1. The Balaban J connectivity index is 1.91. The molecule has 0 aliphatic heterocycles. The Labute approximate surface area is 165 Å². The number of rotatable bonds is 6. The van der Waals surface area contributed by atoms with Gasteiger partial charge in [0.25, 0.3) is 5.56 Å². The Morgan fingerprint density at radius 3 is 2.36 bits per heavy atom. The van der Waals surface area contributed by atoms with E-state index in [1.54, 1.807) is 12.0 Å². The average molecular weight is 378 g/mol. The number of carbonyl (C=O) groups is 1. The summed E-state index contributed by atoms with van der Waals surface area (Å²) < 4.78 is 5.19. The minimum atomic E-state index is -0.153. The number of nitrogens with one attached hydrogen (secondary N) is 1. The number of benzene rings is 2. The van der Waals surface area contributed by atoms with Gasteiger partial charge in [0.1, 0.15) is 5.75 Å². The Morgan fingerprint density at radius 2 is 1.71 bits per heavy atom. The summed E-state index contributed by atoms with van der Waals surface area (Å²) in [7, 11) is 1.62. The Morgan fingerprint density at radius 1 is 1.04 bits per heavy atom. The fourth-order valence-electron chi connectivity index (χ4n) is 3.25. The number of H-pyrrole nitrogens is 1. The van der Waals surface area contributed by atoms with E-state index in [0.717, 1.165) is 27.8 Å². The number of pyridine rings is 1. The molecule has 0 bridgehead atoms. The number of amides is 1. The molecule has 146 valence electrons. The van der Waals surface area contributed by atoms with Crippen molar-refractivity contribution in [1.29, 1.82) is 0 Å². The number of methoxy groups -OCH3 is 1. The van der Waals surface area contributed by atoms with Gasteiger partial charge in [-0.15, -0.1) is 0 Å². The van der Waals surface area contributed by atoms with Gasteiger partial charge in [-0.05, 0) is 66.3 Å². The third-order valence-electron chi connectivity index (χ3n) is 5.08. The summed E-state index contributed by atoms with van der Waals surface area (Å²) in [6.45, 7) is 6.63. The first-order chi connectivity index (χ1) is 13.4. The smallest absolute Gasteiger partial charge is 0.253 e. The summed E-state index contributed by atoms with van der Waals surface area (Å²) in [5.41, 5.74) is 4.56. The topological polar surface area (TPSA) is 62.4 Å². The molecule has 1 N–H and O–H groups in total. The molecule has 1 aromatic heterocycles. The molecular weight excluding hydrogens is 352 g/mol. The maximum atomic E-state index is 12.6.